The number of carbonyl (C=O) groups excluding carboxylic acids is 1. The summed E-state index contributed by atoms with van der Waals surface area (Å²) >= 11 is 0. The molecule has 36 heavy (non-hydrogen) atoms. The summed E-state index contributed by atoms with van der Waals surface area (Å²) in [6, 6.07) is 20.4. The van der Waals surface area contributed by atoms with E-state index < -0.39 is 17.2 Å². The Hall–Kier alpha value is -3.91. The number of carbonyl (C=O) groups is 1. The zero-order valence-electron chi connectivity index (χ0n) is 19.6. The second kappa shape index (κ2) is 9.99. The molecule has 5 rings (SSSR count). The van der Waals surface area contributed by atoms with Gasteiger partial charge in [-0.25, -0.2) is 13.6 Å². The van der Waals surface area contributed by atoms with Crippen LogP contribution in [0.15, 0.2) is 85.1 Å². The molecule has 0 spiro atoms. The Morgan fingerprint density at radius 2 is 1.53 bits per heavy atom. The summed E-state index contributed by atoms with van der Waals surface area (Å²) in [5.41, 5.74) is -0.00956. The second-order valence-corrected chi connectivity index (χ2v) is 9.09. The van der Waals surface area contributed by atoms with Gasteiger partial charge < -0.3 is 10.0 Å². The van der Waals surface area contributed by atoms with E-state index >= 15 is 0 Å². The monoisotopic (exact) mass is 488 g/mol. The lowest BCUT2D eigenvalue weighted by atomic mass is 9.84. The maximum Gasteiger partial charge on any atom is 0.346 e. The highest BCUT2D eigenvalue weighted by molar-refractivity contribution is 5.76. The van der Waals surface area contributed by atoms with Crippen molar-refractivity contribution in [3.63, 3.8) is 0 Å². The Kier molecular flexibility index (Phi) is 6.61. The first-order valence-corrected chi connectivity index (χ1v) is 12.0. The fourth-order valence-electron chi connectivity index (χ4n) is 4.85. The fourth-order valence-corrected chi connectivity index (χ4v) is 4.85. The van der Waals surface area contributed by atoms with E-state index in [2.05, 4.69) is 22.4 Å². The topological polar surface area (TPSA) is 71.2 Å². The fraction of sp³-hybridized carbons (Fsp3) is 0.250. The van der Waals surface area contributed by atoms with E-state index in [0.29, 0.717) is 17.7 Å². The quantitative estimate of drug-likeness (QED) is 0.434. The van der Waals surface area contributed by atoms with Crippen LogP contribution < -0.4 is 0 Å². The average molecular weight is 489 g/mol. The molecule has 1 aromatic heterocycles. The zero-order chi connectivity index (χ0) is 25.1. The Bertz CT molecular complexity index is 1280. The highest BCUT2D eigenvalue weighted by atomic mass is 19.1. The molecular weight excluding hydrogens is 462 g/mol. The van der Waals surface area contributed by atoms with E-state index in [9.17, 15) is 18.7 Å². The first kappa shape index (κ1) is 23.8. The third kappa shape index (κ3) is 4.64. The highest BCUT2D eigenvalue weighted by Crippen LogP contribution is 2.35. The Labute approximate surface area is 207 Å². The van der Waals surface area contributed by atoms with Crippen LogP contribution >= 0.6 is 0 Å². The number of piperidine rings is 1. The first-order valence-electron chi connectivity index (χ1n) is 12.0. The molecular formula is C28H26F2N4O2. The third-order valence-electron chi connectivity index (χ3n) is 6.77. The number of nitrogens with zero attached hydrogens (tertiary/aromatic N) is 4. The molecule has 1 aliphatic rings. The number of rotatable bonds is 5. The average Bonchev–Trinajstić information content (AvgIpc) is 3.41. The van der Waals surface area contributed by atoms with Gasteiger partial charge in [0.25, 0.3) is 0 Å². The van der Waals surface area contributed by atoms with Gasteiger partial charge in [-0.3, -0.25) is 0 Å². The summed E-state index contributed by atoms with van der Waals surface area (Å²) in [5, 5.41) is 20.1. The number of hydrogen-bond donors (Lipinski definition) is 1. The second-order valence-electron chi connectivity index (χ2n) is 9.09. The zero-order valence-corrected chi connectivity index (χ0v) is 19.6. The smallest absolute Gasteiger partial charge is 0.346 e. The minimum absolute atomic E-state index is 0.0226. The summed E-state index contributed by atoms with van der Waals surface area (Å²) in [7, 11) is 0. The maximum absolute atomic E-state index is 13.6. The molecule has 1 amide bonds. The Morgan fingerprint density at radius 3 is 2.14 bits per heavy atom. The van der Waals surface area contributed by atoms with E-state index in [1.54, 1.807) is 0 Å². The molecule has 0 aliphatic carbocycles. The molecule has 1 unspecified atom stereocenters. The lowest BCUT2D eigenvalue weighted by Crippen LogP contribution is -2.47. The van der Waals surface area contributed by atoms with Crippen molar-refractivity contribution in [2.75, 3.05) is 6.54 Å². The summed E-state index contributed by atoms with van der Waals surface area (Å²) in [4.78, 5) is 15.3. The van der Waals surface area contributed by atoms with Gasteiger partial charge in [0.05, 0.1) is 6.20 Å². The normalized spacial score (nSPS) is 16.2. The van der Waals surface area contributed by atoms with Gasteiger partial charge in [-0.15, -0.1) is 5.10 Å². The van der Waals surface area contributed by atoms with Crippen molar-refractivity contribution in [3.8, 4) is 0 Å². The summed E-state index contributed by atoms with van der Waals surface area (Å²) in [6.45, 7) is 0.603. The number of benzene rings is 3. The molecule has 184 valence electrons. The van der Waals surface area contributed by atoms with Crippen LogP contribution in [0.5, 0.6) is 0 Å². The van der Waals surface area contributed by atoms with Crippen LogP contribution in [0.2, 0.25) is 0 Å². The summed E-state index contributed by atoms with van der Waals surface area (Å²) in [5.74, 6) is -0.929. The van der Waals surface area contributed by atoms with Gasteiger partial charge in [0.1, 0.15) is 17.3 Å². The van der Waals surface area contributed by atoms with Crippen LogP contribution in [0.1, 0.15) is 41.6 Å². The van der Waals surface area contributed by atoms with Crippen molar-refractivity contribution in [1.82, 2.24) is 19.9 Å². The lowest BCUT2D eigenvalue weighted by Gasteiger charge is -2.35. The van der Waals surface area contributed by atoms with Gasteiger partial charge in [0.2, 0.25) is 0 Å². The number of halogens is 2. The van der Waals surface area contributed by atoms with Crippen molar-refractivity contribution in [3.05, 3.63) is 119 Å². The molecule has 6 nitrogen and oxygen atoms in total. The van der Waals surface area contributed by atoms with Crippen molar-refractivity contribution in [2.24, 2.45) is 0 Å². The lowest BCUT2D eigenvalue weighted by molar-refractivity contribution is 0.120. The minimum atomic E-state index is -1.87. The largest absolute Gasteiger partial charge is 0.374 e. The van der Waals surface area contributed by atoms with Gasteiger partial charge in [-0.05, 0) is 66.6 Å². The molecule has 1 atom stereocenters. The van der Waals surface area contributed by atoms with E-state index in [1.807, 2.05) is 23.1 Å². The molecule has 1 N–H and O–H groups in total. The highest BCUT2D eigenvalue weighted by Gasteiger charge is 2.38. The number of amides is 1. The first-order chi connectivity index (χ1) is 17.4. The van der Waals surface area contributed by atoms with E-state index in [4.69, 9.17) is 0 Å². The maximum atomic E-state index is 13.6. The SMILES string of the molecule is O=C(N1CCCCC1Cc1ccccc1)n1cc(C(O)(c2ccc(F)cc2)c2ccc(F)cc2)nn1. The molecule has 1 saturated heterocycles. The van der Waals surface area contributed by atoms with Gasteiger partial charge in [-0.1, -0.05) is 59.8 Å². The molecule has 1 fully saturated rings. The predicted octanol–water partition coefficient (Wildman–Crippen LogP) is 4.91. The summed E-state index contributed by atoms with van der Waals surface area (Å²) < 4.78 is 28.4. The molecule has 3 aromatic carbocycles. The van der Waals surface area contributed by atoms with E-state index in [-0.39, 0.29) is 17.8 Å². The van der Waals surface area contributed by atoms with Crippen LogP contribution in [0, 0.1) is 11.6 Å². The van der Waals surface area contributed by atoms with Crippen LogP contribution in [-0.2, 0) is 12.0 Å². The molecule has 0 saturated carbocycles. The molecule has 0 bridgehead atoms. The summed E-state index contributed by atoms with van der Waals surface area (Å²) in [6.07, 6.45) is 4.95. The predicted molar refractivity (Wildman–Crippen MR) is 130 cm³/mol. The van der Waals surface area contributed by atoms with Gasteiger partial charge in [-0.2, -0.15) is 4.68 Å². The van der Waals surface area contributed by atoms with Gasteiger partial charge in [0, 0.05) is 12.6 Å². The van der Waals surface area contributed by atoms with Crippen molar-refractivity contribution in [2.45, 2.75) is 37.3 Å². The molecule has 4 aromatic rings. The number of likely N-dealkylation sites (tertiary alicyclic amines) is 1. The van der Waals surface area contributed by atoms with Crippen molar-refractivity contribution >= 4 is 6.03 Å². The Balaban J connectivity index is 1.48. The molecule has 8 heteroatoms. The van der Waals surface area contributed by atoms with Crippen LogP contribution in [0.4, 0.5) is 13.6 Å². The standard InChI is InChI=1S/C28H26F2N4O2/c29-23-13-9-21(10-14-23)28(36,22-11-15-24(30)16-12-22)26-19-34(32-31-26)27(35)33-17-5-4-8-25(33)18-20-6-2-1-3-7-20/h1-3,6-7,9-16,19,25,36H,4-5,8,17-18H2. The van der Waals surface area contributed by atoms with Crippen molar-refractivity contribution in [1.29, 1.82) is 0 Å². The molecule has 1 aliphatic heterocycles. The number of aromatic nitrogens is 3. The van der Waals surface area contributed by atoms with Crippen LogP contribution in [0.25, 0.3) is 0 Å². The van der Waals surface area contributed by atoms with Crippen LogP contribution in [-0.4, -0.2) is 43.6 Å². The van der Waals surface area contributed by atoms with Crippen LogP contribution in [0.3, 0.4) is 0 Å². The number of hydrogen-bond acceptors (Lipinski definition) is 4. The minimum Gasteiger partial charge on any atom is -0.374 e. The van der Waals surface area contributed by atoms with E-state index in [1.165, 1.54) is 54.7 Å². The third-order valence-corrected chi connectivity index (χ3v) is 6.77. The molecule has 2 heterocycles. The Morgan fingerprint density at radius 1 is 0.917 bits per heavy atom. The van der Waals surface area contributed by atoms with E-state index in [0.717, 1.165) is 35.9 Å². The number of aliphatic hydroxyl groups is 1. The molecule has 0 radical (unpaired) electrons. The van der Waals surface area contributed by atoms with Crippen molar-refractivity contribution < 1.29 is 18.7 Å². The van der Waals surface area contributed by atoms with Gasteiger partial charge in [0.15, 0.2) is 5.60 Å². The van der Waals surface area contributed by atoms with Gasteiger partial charge >= 0.3 is 6.03 Å².